The maximum atomic E-state index is 11.6. The molecule has 0 amide bonds. The highest BCUT2D eigenvalue weighted by Crippen LogP contribution is 2.23. The van der Waals surface area contributed by atoms with Crippen LogP contribution in [0.5, 0.6) is 0 Å². The molecule has 1 rings (SSSR count). The summed E-state index contributed by atoms with van der Waals surface area (Å²) in [7, 11) is 0. The molecule has 1 aliphatic heterocycles. The van der Waals surface area contributed by atoms with Crippen LogP contribution in [0.25, 0.3) is 0 Å². The van der Waals surface area contributed by atoms with Gasteiger partial charge in [0.2, 0.25) is 0 Å². The predicted molar refractivity (Wildman–Crippen MR) is 49.7 cm³/mol. The van der Waals surface area contributed by atoms with E-state index in [2.05, 4.69) is 5.32 Å². The van der Waals surface area contributed by atoms with Crippen LogP contribution < -0.4 is 5.32 Å². The van der Waals surface area contributed by atoms with Crippen LogP contribution in [0.2, 0.25) is 0 Å². The summed E-state index contributed by atoms with van der Waals surface area (Å²) in [6, 6.07) is 0. The molecule has 1 heterocycles. The zero-order valence-electron chi connectivity index (χ0n) is 8.40. The summed E-state index contributed by atoms with van der Waals surface area (Å²) in [5.41, 5.74) is -2.01. The number of β-amino-alcohol motifs (C(OH)–C–C–N with tert-alkyl or cyclic N) is 2. The van der Waals surface area contributed by atoms with E-state index in [0.717, 1.165) is 0 Å². The van der Waals surface area contributed by atoms with Gasteiger partial charge < -0.3 is 20.6 Å². The first-order chi connectivity index (χ1) is 6.40. The van der Waals surface area contributed by atoms with Crippen molar-refractivity contribution in [1.82, 2.24) is 5.32 Å². The Hall–Kier alpha value is -0.490. The third-order valence-electron chi connectivity index (χ3n) is 2.61. The lowest BCUT2D eigenvalue weighted by Crippen LogP contribution is -2.68. The topological polar surface area (TPSA) is 89.8 Å². The zero-order chi connectivity index (χ0) is 10.9. The standard InChI is InChI=1S/C9H17NO4/c1-5(2)8(13)9(14)6(11)3-10-4-7(9)12/h5-7,10-12,14H,3-4H2,1-2H3. The minimum Gasteiger partial charge on any atom is -0.388 e. The van der Waals surface area contributed by atoms with Crippen LogP contribution in [0.15, 0.2) is 0 Å². The lowest BCUT2D eigenvalue weighted by Gasteiger charge is -2.40. The van der Waals surface area contributed by atoms with Gasteiger partial charge in [0, 0.05) is 19.0 Å². The number of hydrogen-bond acceptors (Lipinski definition) is 5. The molecule has 1 saturated heterocycles. The number of aliphatic hydroxyl groups is 3. The Morgan fingerprint density at radius 1 is 1.36 bits per heavy atom. The van der Waals surface area contributed by atoms with Crippen molar-refractivity contribution in [3.8, 4) is 0 Å². The van der Waals surface area contributed by atoms with Crippen molar-refractivity contribution < 1.29 is 20.1 Å². The summed E-state index contributed by atoms with van der Waals surface area (Å²) >= 11 is 0. The summed E-state index contributed by atoms with van der Waals surface area (Å²) in [5, 5.41) is 31.7. The van der Waals surface area contributed by atoms with Gasteiger partial charge in [-0.2, -0.15) is 0 Å². The average molecular weight is 203 g/mol. The van der Waals surface area contributed by atoms with Crippen molar-refractivity contribution in [3.05, 3.63) is 0 Å². The normalized spacial score (nSPS) is 38.7. The molecule has 2 unspecified atom stereocenters. The Balaban J connectivity index is 2.92. The average Bonchev–Trinajstić information content (AvgIpc) is 2.12. The lowest BCUT2D eigenvalue weighted by atomic mass is 9.79. The van der Waals surface area contributed by atoms with Crippen LogP contribution in [0.1, 0.15) is 13.8 Å². The lowest BCUT2D eigenvalue weighted by molar-refractivity contribution is -0.181. The highest BCUT2D eigenvalue weighted by Gasteiger charge is 2.51. The molecule has 14 heavy (non-hydrogen) atoms. The number of hydrogen-bond donors (Lipinski definition) is 4. The number of aliphatic hydroxyl groups excluding tert-OH is 2. The van der Waals surface area contributed by atoms with E-state index in [9.17, 15) is 20.1 Å². The van der Waals surface area contributed by atoms with Crippen molar-refractivity contribution >= 4 is 5.78 Å². The molecule has 1 fully saturated rings. The second kappa shape index (κ2) is 3.94. The van der Waals surface area contributed by atoms with E-state index in [1.807, 2.05) is 0 Å². The molecule has 0 saturated carbocycles. The Morgan fingerprint density at radius 3 is 2.14 bits per heavy atom. The molecule has 0 bridgehead atoms. The smallest absolute Gasteiger partial charge is 0.177 e. The van der Waals surface area contributed by atoms with E-state index in [0.29, 0.717) is 0 Å². The number of rotatable bonds is 2. The number of carbonyl (C=O) groups excluding carboxylic acids is 1. The van der Waals surface area contributed by atoms with Gasteiger partial charge in [-0.05, 0) is 0 Å². The molecule has 0 aliphatic carbocycles. The predicted octanol–water partition coefficient (Wildman–Crippen LogP) is -1.73. The number of ketones is 1. The highest BCUT2D eigenvalue weighted by atomic mass is 16.4. The van der Waals surface area contributed by atoms with Crippen molar-refractivity contribution in [2.24, 2.45) is 5.92 Å². The van der Waals surface area contributed by atoms with Crippen molar-refractivity contribution in [3.63, 3.8) is 0 Å². The van der Waals surface area contributed by atoms with E-state index in [1.165, 1.54) is 0 Å². The minimum absolute atomic E-state index is 0.117. The van der Waals surface area contributed by atoms with Gasteiger partial charge in [-0.25, -0.2) is 0 Å². The van der Waals surface area contributed by atoms with Gasteiger partial charge in [-0.3, -0.25) is 4.79 Å². The summed E-state index contributed by atoms with van der Waals surface area (Å²) in [5.74, 6) is -0.929. The number of nitrogens with one attached hydrogen (secondary N) is 1. The fourth-order valence-electron chi connectivity index (χ4n) is 1.68. The summed E-state index contributed by atoms with van der Waals surface area (Å²) in [6.07, 6.45) is -2.50. The van der Waals surface area contributed by atoms with Crippen molar-refractivity contribution in [1.29, 1.82) is 0 Å². The van der Waals surface area contributed by atoms with Crippen LogP contribution in [0, 0.1) is 5.92 Å². The van der Waals surface area contributed by atoms with Crippen LogP contribution in [0.4, 0.5) is 0 Å². The van der Waals surface area contributed by atoms with E-state index in [4.69, 9.17) is 0 Å². The maximum Gasteiger partial charge on any atom is 0.177 e. The Morgan fingerprint density at radius 2 is 1.79 bits per heavy atom. The van der Waals surface area contributed by atoms with E-state index < -0.39 is 29.5 Å². The van der Waals surface area contributed by atoms with Gasteiger partial charge in [-0.1, -0.05) is 13.8 Å². The minimum atomic E-state index is -2.01. The third-order valence-corrected chi connectivity index (χ3v) is 2.61. The monoisotopic (exact) mass is 203 g/mol. The first-order valence-corrected chi connectivity index (χ1v) is 4.74. The van der Waals surface area contributed by atoms with E-state index >= 15 is 0 Å². The SMILES string of the molecule is CC(C)C(=O)C1(O)C(O)CNCC1O. The Labute approximate surface area is 82.7 Å². The number of piperidine rings is 1. The van der Waals surface area contributed by atoms with Gasteiger partial charge in [0.15, 0.2) is 11.4 Å². The molecule has 0 aromatic carbocycles. The van der Waals surface area contributed by atoms with Gasteiger partial charge in [0.1, 0.15) is 12.2 Å². The molecule has 0 aromatic rings. The molecule has 0 spiro atoms. The van der Waals surface area contributed by atoms with Crippen LogP contribution in [0.3, 0.4) is 0 Å². The molecular formula is C9H17NO4. The summed E-state index contributed by atoms with van der Waals surface area (Å²) in [4.78, 5) is 11.6. The van der Waals surface area contributed by atoms with Crippen LogP contribution in [-0.2, 0) is 4.79 Å². The van der Waals surface area contributed by atoms with Gasteiger partial charge in [0.05, 0.1) is 0 Å². The highest BCUT2D eigenvalue weighted by molar-refractivity contribution is 5.90. The van der Waals surface area contributed by atoms with Crippen molar-refractivity contribution in [2.45, 2.75) is 31.7 Å². The molecule has 0 aromatic heterocycles. The molecule has 5 nitrogen and oxygen atoms in total. The fourth-order valence-corrected chi connectivity index (χ4v) is 1.68. The molecule has 5 heteroatoms. The Bertz CT molecular complexity index is 219. The third kappa shape index (κ3) is 1.68. The molecule has 0 radical (unpaired) electrons. The summed E-state index contributed by atoms with van der Waals surface area (Å²) in [6.45, 7) is 3.49. The molecular weight excluding hydrogens is 186 g/mol. The van der Waals surface area contributed by atoms with Gasteiger partial charge in [-0.15, -0.1) is 0 Å². The largest absolute Gasteiger partial charge is 0.388 e. The molecule has 82 valence electrons. The van der Waals surface area contributed by atoms with Crippen LogP contribution >= 0.6 is 0 Å². The second-order valence-corrected chi connectivity index (χ2v) is 4.03. The first kappa shape index (κ1) is 11.6. The Kier molecular flexibility index (Phi) is 3.26. The molecule has 1 aliphatic rings. The molecule has 4 N–H and O–H groups in total. The number of Topliss-reactive ketones (excluding diaryl/α,β-unsaturated/α-hetero) is 1. The number of carbonyl (C=O) groups is 1. The van der Waals surface area contributed by atoms with E-state index in [-0.39, 0.29) is 13.1 Å². The maximum absolute atomic E-state index is 11.6. The van der Waals surface area contributed by atoms with Gasteiger partial charge >= 0.3 is 0 Å². The summed E-state index contributed by atoms with van der Waals surface area (Å²) < 4.78 is 0. The van der Waals surface area contributed by atoms with Crippen LogP contribution in [-0.4, -0.2) is 52.0 Å². The van der Waals surface area contributed by atoms with E-state index in [1.54, 1.807) is 13.8 Å². The fraction of sp³-hybridized carbons (Fsp3) is 0.889. The quantitative estimate of drug-likeness (QED) is 0.428. The van der Waals surface area contributed by atoms with Crippen molar-refractivity contribution in [2.75, 3.05) is 13.1 Å². The molecule has 2 atom stereocenters. The second-order valence-electron chi connectivity index (χ2n) is 4.03. The zero-order valence-corrected chi connectivity index (χ0v) is 8.40. The first-order valence-electron chi connectivity index (χ1n) is 4.74. The van der Waals surface area contributed by atoms with Gasteiger partial charge in [0.25, 0.3) is 0 Å².